The number of fused-ring (bicyclic) bond motifs is 5. The van der Waals surface area contributed by atoms with Crippen LogP contribution in [0.5, 0.6) is 0 Å². The summed E-state index contributed by atoms with van der Waals surface area (Å²) in [4.78, 5) is 18.6. The van der Waals surface area contributed by atoms with Gasteiger partial charge in [0.1, 0.15) is 11.9 Å². The van der Waals surface area contributed by atoms with Crippen molar-refractivity contribution in [3.8, 4) is 0 Å². The Bertz CT molecular complexity index is 793. The van der Waals surface area contributed by atoms with Crippen molar-refractivity contribution >= 4 is 29.6 Å². The number of nitrogens with zero attached hydrogens (tertiary/aromatic N) is 2. The fourth-order valence-corrected chi connectivity index (χ4v) is 8.18. The first-order chi connectivity index (χ1) is 14.8. The van der Waals surface area contributed by atoms with Crippen LogP contribution in [0.2, 0.25) is 0 Å². The zero-order chi connectivity index (χ0) is 21.8. The minimum absolute atomic E-state index is 0. The lowest BCUT2D eigenvalue weighted by atomic mass is 9.45. The monoisotopic (exact) mass is 465 g/mol. The van der Waals surface area contributed by atoms with Crippen molar-refractivity contribution in [1.82, 2.24) is 0 Å². The normalized spacial score (nSPS) is 48.5. The molecule has 6 nitrogen and oxygen atoms in total. The summed E-state index contributed by atoms with van der Waals surface area (Å²) in [6.45, 7) is 4.62. The summed E-state index contributed by atoms with van der Waals surface area (Å²) in [5.74, 6) is 2.22. The average molecular weight is 466 g/mol. The number of carbonyl (C=O) groups is 1. The SMILES string of the molecule is C[C@]12CC/C(=N\OC3CCC(N)CC3)CC1/C(=N/O)C[C@@H]1[C@@H]2CC[C@]2(C)C(=O)CC[C@@H]12.Cl. The highest BCUT2D eigenvalue weighted by Gasteiger charge is 2.61. The molecule has 0 spiro atoms. The zero-order valence-corrected chi connectivity index (χ0v) is 20.4. The van der Waals surface area contributed by atoms with Gasteiger partial charge in [-0.1, -0.05) is 24.2 Å². The van der Waals surface area contributed by atoms with E-state index in [1.54, 1.807) is 0 Å². The first-order valence-electron chi connectivity index (χ1n) is 12.6. The lowest BCUT2D eigenvalue weighted by Crippen LogP contribution is -2.56. The minimum atomic E-state index is -0.150. The van der Waals surface area contributed by atoms with Crippen molar-refractivity contribution in [2.24, 2.45) is 50.5 Å². The maximum atomic E-state index is 12.7. The summed E-state index contributed by atoms with van der Waals surface area (Å²) in [5, 5.41) is 18.4. The van der Waals surface area contributed by atoms with Crippen molar-refractivity contribution in [2.75, 3.05) is 0 Å². The Hall–Kier alpha value is -1.14. The molecule has 0 radical (unpaired) electrons. The Morgan fingerprint density at radius 1 is 1.00 bits per heavy atom. The van der Waals surface area contributed by atoms with Crippen LogP contribution in [0.15, 0.2) is 10.3 Å². The molecule has 0 bridgehead atoms. The Labute approximate surface area is 198 Å². The summed E-state index contributed by atoms with van der Waals surface area (Å²) < 4.78 is 0. The number of nitrogens with two attached hydrogens (primary N) is 1. The van der Waals surface area contributed by atoms with E-state index >= 15 is 0 Å². The molecule has 6 atom stereocenters. The summed E-state index contributed by atoms with van der Waals surface area (Å²) in [6.07, 6.45) is 11.8. The predicted octanol–water partition coefficient (Wildman–Crippen LogP) is 5.10. The van der Waals surface area contributed by atoms with Crippen molar-refractivity contribution < 1.29 is 14.8 Å². The molecule has 0 heterocycles. The third-order valence-corrected chi connectivity index (χ3v) is 10.2. The number of rotatable bonds is 2. The number of hydrogen-bond donors (Lipinski definition) is 2. The standard InChI is InChI=1S/C25H39N3O3.ClH/c1-24-11-9-16(28-31-17-5-3-15(26)4-6-17)13-21(24)22(27-30)14-18-19-7-8-23(29)25(19,2)12-10-20(18)24;/h15,17-21,30H,3-14,26H2,1-2H3;1H/b27-22+,28-16+;/t15?,17?,18-,19-,20-,21?,24+,25-;/m0./s1. The number of carbonyl (C=O) groups excluding carboxylic acids is 1. The lowest BCUT2D eigenvalue weighted by molar-refractivity contribution is -0.133. The second-order valence-corrected chi connectivity index (χ2v) is 11.7. The number of oxime groups is 2. The predicted molar refractivity (Wildman–Crippen MR) is 127 cm³/mol. The van der Waals surface area contributed by atoms with E-state index in [1.807, 2.05) is 0 Å². The van der Waals surface area contributed by atoms with Gasteiger partial charge in [-0.25, -0.2) is 0 Å². The molecule has 180 valence electrons. The van der Waals surface area contributed by atoms with Crippen LogP contribution in [-0.2, 0) is 9.63 Å². The van der Waals surface area contributed by atoms with Gasteiger partial charge in [-0.3, -0.25) is 4.79 Å². The van der Waals surface area contributed by atoms with Gasteiger partial charge in [0, 0.05) is 23.8 Å². The Morgan fingerprint density at radius 2 is 1.75 bits per heavy atom. The van der Waals surface area contributed by atoms with Gasteiger partial charge in [0.2, 0.25) is 0 Å². The van der Waals surface area contributed by atoms with E-state index in [-0.39, 0.29) is 35.3 Å². The topological polar surface area (TPSA) is 97.3 Å². The van der Waals surface area contributed by atoms with Crippen molar-refractivity contribution in [2.45, 2.75) is 103 Å². The molecule has 5 aliphatic rings. The third-order valence-electron chi connectivity index (χ3n) is 10.2. The smallest absolute Gasteiger partial charge is 0.139 e. The molecule has 0 amide bonds. The van der Waals surface area contributed by atoms with Gasteiger partial charge in [0.15, 0.2) is 0 Å². The van der Waals surface area contributed by atoms with E-state index < -0.39 is 0 Å². The summed E-state index contributed by atoms with van der Waals surface area (Å²) in [7, 11) is 0. The van der Waals surface area contributed by atoms with Crippen LogP contribution in [0.4, 0.5) is 0 Å². The molecule has 5 aliphatic carbocycles. The molecule has 0 aliphatic heterocycles. The highest BCUT2D eigenvalue weighted by atomic mass is 35.5. The molecular weight excluding hydrogens is 426 g/mol. The molecule has 1 unspecified atom stereocenters. The first kappa shape index (κ1) is 24.0. The molecule has 32 heavy (non-hydrogen) atoms. The number of hydrogen-bond acceptors (Lipinski definition) is 6. The first-order valence-corrected chi connectivity index (χ1v) is 12.6. The van der Waals surface area contributed by atoms with Gasteiger partial charge < -0.3 is 15.8 Å². The lowest BCUT2D eigenvalue weighted by Gasteiger charge is -2.59. The van der Waals surface area contributed by atoms with Crippen LogP contribution in [0.1, 0.15) is 90.9 Å². The molecule has 5 rings (SSSR count). The second-order valence-electron chi connectivity index (χ2n) is 11.7. The third kappa shape index (κ3) is 3.79. The number of ketones is 1. The summed E-state index contributed by atoms with van der Waals surface area (Å²) in [6, 6.07) is 0.314. The van der Waals surface area contributed by atoms with Crippen molar-refractivity contribution in [1.29, 1.82) is 0 Å². The largest absolute Gasteiger partial charge is 0.411 e. The highest BCUT2D eigenvalue weighted by Crippen LogP contribution is 2.64. The molecule has 0 aromatic carbocycles. The van der Waals surface area contributed by atoms with Gasteiger partial charge in [0.05, 0.1) is 11.4 Å². The van der Waals surface area contributed by atoms with Crippen LogP contribution in [0.3, 0.4) is 0 Å². The Morgan fingerprint density at radius 3 is 2.47 bits per heavy atom. The molecule has 3 N–H and O–H groups in total. The average Bonchev–Trinajstić information content (AvgIpc) is 3.07. The van der Waals surface area contributed by atoms with Crippen LogP contribution in [-0.4, -0.2) is 34.6 Å². The molecule has 5 saturated carbocycles. The summed E-state index contributed by atoms with van der Waals surface area (Å²) in [5.41, 5.74) is 8.03. The van der Waals surface area contributed by atoms with E-state index in [0.29, 0.717) is 29.6 Å². The van der Waals surface area contributed by atoms with Gasteiger partial charge in [-0.15, -0.1) is 12.4 Å². The maximum Gasteiger partial charge on any atom is 0.139 e. The van der Waals surface area contributed by atoms with E-state index in [1.165, 1.54) is 0 Å². The van der Waals surface area contributed by atoms with Crippen molar-refractivity contribution in [3.63, 3.8) is 0 Å². The van der Waals surface area contributed by atoms with Gasteiger partial charge in [-0.05, 0) is 93.8 Å². The van der Waals surface area contributed by atoms with Gasteiger partial charge in [-0.2, -0.15) is 0 Å². The molecule has 0 aromatic heterocycles. The van der Waals surface area contributed by atoms with Crippen molar-refractivity contribution in [3.05, 3.63) is 0 Å². The van der Waals surface area contributed by atoms with E-state index in [0.717, 1.165) is 88.5 Å². The Balaban J connectivity index is 0.00000245. The molecule has 7 heteroatoms. The second kappa shape index (κ2) is 8.90. The van der Waals surface area contributed by atoms with Crippen LogP contribution in [0, 0.1) is 34.5 Å². The van der Waals surface area contributed by atoms with E-state index in [2.05, 4.69) is 24.2 Å². The van der Waals surface area contributed by atoms with Crippen LogP contribution in [0.25, 0.3) is 0 Å². The van der Waals surface area contributed by atoms with Crippen LogP contribution < -0.4 is 5.73 Å². The van der Waals surface area contributed by atoms with Crippen LogP contribution >= 0.6 is 12.4 Å². The summed E-state index contributed by atoms with van der Waals surface area (Å²) >= 11 is 0. The quantitative estimate of drug-likeness (QED) is 0.437. The maximum absolute atomic E-state index is 12.7. The number of Topliss-reactive ketones (excluding diaryl/α,β-unsaturated/α-hetero) is 1. The van der Waals surface area contributed by atoms with Gasteiger partial charge >= 0.3 is 0 Å². The van der Waals surface area contributed by atoms with E-state index in [9.17, 15) is 10.0 Å². The minimum Gasteiger partial charge on any atom is -0.411 e. The fraction of sp³-hybridized carbons (Fsp3) is 0.880. The van der Waals surface area contributed by atoms with E-state index in [4.69, 9.17) is 10.6 Å². The zero-order valence-electron chi connectivity index (χ0n) is 19.6. The molecule has 5 fully saturated rings. The number of halogens is 1. The Kier molecular flexibility index (Phi) is 6.68. The molecular formula is C25H40ClN3O3. The van der Waals surface area contributed by atoms with Gasteiger partial charge in [0.25, 0.3) is 0 Å². The fourth-order valence-electron chi connectivity index (χ4n) is 8.18. The molecule has 0 saturated heterocycles. The highest BCUT2D eigenvalue weighted by molar-refractivity contribution is 5.96. The molecule has 0 aromatic rings.